The van der Waals surface area contributed by atoms with Gasteiger partial charge in [0.25, 0.3) is 0 Å². The van der Waals surface area contributed by atoms with Gasteiger partial charge in [-0.25, -0.2) is 0 Å². The van der Waals surface area contributed by atoms with Gasteiger partial charge in [0.2, 0.25) is 0 Å². The third kappa shape index (κ3) is 23.8. The molecule has 0 amide bonds. The van der Waals surface area contributed by atoms with Crippen LogP contribution in [0.1, 0.15) is 109 Å². The first-order valence-electron chi connectivity index (χ1n) is 10.2. The van der Waals surface area contributed by atoms with Crippen molar-refractivity contribution in [2.45, 2.75) is 115 Å². The maximum Gasteiger partial charge on any atom is 0.341 e. The van der Waals surface area contributed by atoms with Crippen LogP contribution in [0, 0.1) is 0 Å². The standard InChI is InChI=1S/C19H38Cl3ISi/c20-24(21,22)19-17-15-13-11-9-7-5-3-1-2-4-6-8-10-12-14-16-18-23/h1-19H2. The number of alkyl halides is 1. The van der Waals surface area contributed by atoms with Crippen molar-refractivity contribution in [2.75, 3.05) is 4.43 Å². The summed E-state index contributed by atoms with van der Waals surface area (Å²) < 4.78 is 1.33. The number of unbranched alkanes of at least 4 members (excludes halogenated alkanes) is 16. The molecule has 146 valence electrons. The van der Waals surface area contributed by atoms with Gasteiger partial charge in [-0.2, -0.15) is 0 Å². The second-order valence-electron chi connectivity index (χ2n) is 7.06. The molecule has 0 aromatic heterocycles. The molecule has 0 fully saturated rings. The summed E-state index contributed by atoms with van der Waals surface area (Å²) >= 11 is 20.1. The normalized spacial score (nSPS) is 12.0. The molecular formula is C19H38Cl3ISi. The summed E-state index contributed by atoms with van der Waals surface area (Å²) in [7, 11) is 0. The van der Waals surface area contributed by atoms with Crippen LogP contribution in [0.25, 0.3) is 0 Å². The zero-order valence-corrected chi connectivity index (χ0v) is 20.9. The Hall–Kier alpha value is 1.82. The number of hydrogen-bond acceptors (Lipinski definition) is 0. The Labute approximate surface area is 180 Å². The number of hydrogen-bond donors (Lipinski definition) is 0. The van der Waals surface area contributed by atoms with Gasteiger partial charge in [0.05, 0.1) is 0 Å². The fraction of sp³-hybridized carbons (Fsp3) is 1.00. The molecule has 0 bridgehead atoms. The summed E-state index contributed by atoms with van der Waals surface area (Å²) in [6, 6.07) is -1.52. The number of rotatable bonds is 19. The maximum atomic E-state index is 5.88. The van der Waals surface area contributed by atoms with Gasteiger partial charge >= 0.3 is 6.00 Å². The lowest BCUT2D eigenvalue weighted by molar-refractivity contribution is 0.529. The average Bonchev–Trinajstić information content (AvgIpc) is 2.52. The Morgan fingerprint density at radius 3 is 0.917 bits per heavy atom. The van der Waals surface area contributed by atoms with Gasteiger partial charge in [-0.15, -0.1) is 33.2 Å². The predicted molar refractivity (Wildman–Crippen MR) is 125 cm³/mol. The Bertz CT molecular complexity index is 247. The van der Waals surface area contributed by atoms with Crippen molar-refractivity contribution in [1.82, 2.24) is 0 Å². The molecule has 0 aliphatic carbocycles. The fourth-order valence-electron chi connectivity index (χ4n) is 3.07. The molecule has 0 heterocycles. The van der Waals surface area contributed by atoms with Crippen molar-refractivity contribution in [3.8, 4) is 0 Å². The van der Waals surface area contributed by atoms with Crippen molar-refractivity contribution in [3.05, 3.63) is 0 Å². The molecule has 0 aromatic carbocycles. The molecule has 0 spiro atoms. The first-order chi connectivity index (χ1) is 11.6. The van der Waals surface area contributed by atoms with E-state index in [1.165, 1.54) is 107 Å². The summed E-state index contributed by atoms with van der Waals surface area (Å²) in [4.78, 5) is 0. The highest BCUT2D eigenvalue weighted by Crippen LogP contribution is 2.27. The van der Waals surface area contributed by atoms with E-state index < -0.39 is 6.00 Å². The third-order valence-electron chi connectivity index (χ3n) is 4.59. The van der Waals surface area contributed by atoms with Crippen molar-refractivity contribution < 1.29 is 0 Å². The molecule has 0 aliphatic rings. The SMILES string of the molecule is Cl[Si](Cl)(Cl)CCCCCCCCCCCCCCCCCCCI. The Kier molecular flexibility index (Phi) is 21.1. The molecule has 0 nitrogen and oxygen atoms in total. The molecule has 0 saturated heterocycles. The van der Waals surface area contributed by atoms with Crippen LogP contribution >= 0.6 is 55.8 Å². The van der Waals surface area contributed by atoms with Crippen LogP contribution in [0.5, 0.6) is 0 Å². The van der Waals surface area contributed by atoms with E-state index in [-0.39, 0.29) is 0 Å². The van der Waals surface area contributed by atoms with Gasteiger partial charge in [0, 0.05) is 0 Å². The van der Waals surface area contributed by atoms with Gasteiger partial charge in [0.15, 0.2) is 0 Å². The molecule has 0 aliphatic heterocycles. The van der Waals surface area contributed by atoms with E-state index >= 15 is 0 Å². The molecule has 0 aromatic rings. The van der Waals surface area contributed by atoms with Crippen LogP contribution in [0.2, 0.25) is 6.04 Å². The monoisotopic (exact) mass is 526 g/mol. The molecule has 0 unspecified atom stereocenters. The van der Waals surface area contributed by atoms with E-state index in [1.807, 2.05) is 0 Å². The quantitative estimate of drug-likeness (QED) is 0.0515. The second-order valence-corrected chi connectivity index (χ2v) is 17.4. The van der Waals surface area contributed by atoms with E-state index in [4.69, 9.17) is 33.2 Å². The minimum Gasteiger partial charge on any atom is -0.126 e. The van der Waals surface area contributed by atoms with Crippen LogP contribution in [-0.2, 0) is 0 Å². The van der Waals surface area contributed by atoms with Gasteiger partial charge < -0.3 is 0 Å². The first kappa shape index (κ1) is 25.8. The van der Waals surface area contributed by atoms with Crippen molar-refractivity contribution in [2.24, 2.45) is 0 Å². The van der Waals surface area contributed by atoms with Crippen LogP contribution in [0.15, 0.2) is 0 Å². The largest absolute Gasteiger partial charge is 0.341 e. The van der Waals surface area contributed by atoms with E-state index in [1.54, 1.807) is 0 Å². The van der Waals surface area contributed by atoms with Crippen LogP contribution in [-0.4, -0.2) is 10.4 Å². The predicted octanol–water partition coefficient (Wildman–Crippen LogP) is 9.71. The lowest BCUT2D eigenvalue weighted by Gasteiger charge is -2.07. The van der Waals surface area contributed by atoms with Crippen LogP contribution < -0.4 is 0 Å². The third-order valence-corrected chi connectivity index (χ3v) is 7.98. The number of halogens is 4. The minimum absolute atomic E-state index is 0.829. The molecule has 24 heavy (non-hydrogen) atoms. The molecule has 0 N–H and O–H groups in total. The van der Waals surface area contributed by atoms with Gasteiger partial charge in [-0.1, -0.05) is 125 Å². The lowest BCUT2D eigenvalue weighted by atomic mass is 10.0. The average molecular weight is 528 g/mol. The molecule has 0 rings (SSSR count). The van der Waals surface area contributed by atoms with Crippen LogP contribution in [0.4, 0.5) is 0 Å². The topological polar surface area (TPSA) is 0 Å². The first-order valence-corrected chi connectivity index (χ1v) is 17.0. The van der Waals surface area contributed by atoms with E-state index in [0.29, 0.717) is 0 Å². The van der Waals surface area contributed by atoms with Crippen molar-refractivity contribution in [1.29, 1.82) is 0 Å². The molecule has 0 radical (unpaired) electrons. The summed E-state index contributed by atoms with van der Waals surface area (Å²) in [6.45, 7) is 0. The fourth-order valence-corrected chi connectivity index (χ4v) is 5.46. The summed E-state index contributed by atoms with van der Waals surface area (Å²) in [5, 5.41) is 0. The van der Waals surface area contributed by atoms with Gasteiger partial charge in [-0.3, -0.25) is 0 Å². The summed E-state index contributed by atoms with van der Waals surface area (Å²) in [6.07, 6.45) is 23.7. The van der Waals surface area contributed by atoms with E-state index in [9.17, 15) is 0 Å². The maximum absolute atomic E-state index is 5.88. The van der Waals surface area contributed by atoms with Crippen molar-refractivity contribution >= 4 is 61.8 Å². The Morgan fingerprint density at radius 2 is 0.667 bits per heavy atom. The molecule has 0 atom stereocenters. The summed E-state index contributed by atoms with van der Waals surface area (Å²) in [5.74, 6) is 0. The lowest BCUT2D eigenvalue weighted by Crippen LogP contribution is -2.07. The molecular weight excluding hydrogens is 490 g/mol. The Morgan fingerprint density at radius 1 is 0.417 bits per heavy atom. The highest BCUT2D eigenvalue weighted by Gasteiger charge is 2.23. The zero-order valence-electron chi connectivity index (χ0n) is 15.4. The van der Waals surface area contributed by atoms with E-state index in [0.717, 1.165) is 12.5 Å². The van der Waals surface area contributed by atoms with Crippen molar-refractivity contribution in [3.63, 3.8) is 0 Å². The zero-order chi connectivity index (χ0) is 17.9. The smallest absolute Gasteiger partial charge is 0.126 e. The summed E-state index contributed by atoms with van der Waals surface area (Å²) in [5.41, 5.74) is 0. The van der Waals surface area contributed by atoms with Crippen LogP contribution in [0.3, 0.4) is 0 Å². The molecule has 0 saturated carbocycles. The van der Waals surface area contributed by atoms with Gasteiger partial charge in [-0.05, 0) is 16.9 Å². The van der Waals surface area contributed by atoms with E-state index in [2.05, 4.69) is 22.6 Å². The highest BCUT2D eigenvalue weighted by molar-refractivity contribution is 14.1. The Balaban J connectivity index is 3.00. The second kappa shape index (κ2) is 19.6. The highest BCUT2D eigenvalue weighted by atomic mass is 127. The minimum atomic E-state index is -2.35. The molecule has 5 heteroatoms. The van der Waals surface area contributed by atoms with Gasteiger partial charge in [0.1, 0.15) is 0 Å².